The first-order chi connectivity index (χ1) is 13.5. The number of hydrogen-bond donors (Lipinski definition) is 1. The summed E-state index contributed by atoms with van der Waals surface area (Å²) in [4.78, 5) is 17.8. The van der Waals surface area contributed by atoms with Crippen LogP contribution in [0, 0.1) is 0 Å². The van der Waals surface area contributed by atoms with Crippen LogP contribution in [0.2, 0.25) is 15.1 Å². The van der Waals surface area contributed by atoms with Crippen molar-refractivity contribution in [3.05, 3.63) is 93.4 Å². The number of para-hydroxylation sites is 1. The van der Waals surface area contributed by atoms with Crippen molar-refractivity contribution in [2.45, 2.75) is 0 Å². The van der Waals surface area contributed by atoms with Crippen LogP contribution in [0.25, 0.3) is 22.2 Å². The van der Waals surface area contributed by atoms with Crippen LogP contribution in [0.4, 0.5) is 5.69 Å². The molecule has 1 amide bonds. The van der Waals surface area contributed by atoms with Crippen LogP contribution in [0.5, 0.6) is 0 Å². The van der Waals surface area contributed by atoms with Gasteiger partial charge < -0.3 is 5.32 Å². The molecular weight excluding hydrogens is 415 g/mol. The van der Waals surface area contributed by atoms with Gasteiger partial charge in [0.05, 0.1) is 27.5 Å². The number of benzene rings is 3. The van der Waals surface area contributed by atoms with E-state index in [1.165, 1.54) is 0 Å². The summed E-state index contributed by atoms with van der Waals surface area (Å²) in [7, 11) is 0. The summed E-state index contributed by atoms with van der Waals surface area (Å²) < 4.78 is 0. The Morgan fingerprint density at radius 1 is 0.821 bits per heavy atom. The number of fused-ring (bicyclic) bond motifs is 1. The molecule has 0 saturated heterocycles. The Morgan fingerprint density at radius 3 is 2.32 bits per heavy atom. The summed E-state index contributed by atoms with van der Waals surface area (Å²) in [6, 6.07) is 21.5. The first-order valence-corrected chi connectivity index (χ1v) is 9.57. The van der Waals surface area contributed by atoms with Crippen molar-refractivity contribution in [1.29, 1.82) is 0 Å². The first-order valence-electron chi connectivity index (χ1n) is 8.43. The van der Waals surface area contributed by atoms with Gasteiger partial charge in [0.15, 0.2) is 0 Å². The number of nitrogens with zero attached hydrogens (tertiary/aromatic N) is 1. The molecule has 0 spiro atoms. The zero-order chi connectivity index (χ0) is 19.7. The Bertz CT molecular complexity index is 1190. The summed E-state index contributed by atoms with van der Waals surface area (Å²) in [5.41, 5.74) is 3.21. The van der Waals surface area contributed by atoms with Crippen LogP contribution in [0.1, 0.15) is 10.4 Å². The van der Waals surface area contributed by atoms with Crippen molar-refractivity contribution < 1.29 is 4.79 Å². The number of anilines is 1. The molecule has 1 heterocycles. The summed E-state index contributed by atoms with van der Waals surface area (Å²) in [6.07, 6.45) is 0. The molecule has 4 aromatic rings. The van der Waals surface area contributed by atoms with Gasteiger partial charge in [-0.3, -0.25) is 4.79 Å². The smallest absolute Gasteiger partial charge is 0.256 e. The summed E-state index contributed by atoms with van der Waals surface area (Å²) in [5, 5.41) is 5.12. The number of pyridine rings is 1. The molecular formula is C22H13Cl3N2O. The molecule has 1 N–H and O–H groups in total. The summed E-state index contributed by atoms with van der Waals surface area (Å²) in [5.74, 6) is -0.294. The molecule has 0 aliphatic heterocycles. The van der Waals surface area contributed by atoms with Crippen molar-refractivity contribution in [2.75, 3.05) is 5.32 Å². The minimum absolute atomic E-state index is 0.294. The molecule has 138 valence electrons. The van der Waals surface area contributed by atoms with Crippen LogP contribution in [-0.2, 0) is 0 Å². The number of nitrogens with one attached hydrogen (secondary N) is 1. The van der Waals surface area contributed by atoms with E-state index in [1.54, 1.807) is 36.4 Å². The number of halogens is 3. The van der Waals surface area contributed by atoms with E-state index in [0.717, 1.165) is 16.5 Å². The second kappa shape index (κ2) is 7.80. The minimum Gasteiger partial charge on any atom is -0.321 e. The lowest BCUT2D eigenvalue weighted by Gasteiger charge is -2.12. The van der Waals surface area contributed by atoms with Crippen LogP contribution in [0.3, 0.4) is 0 Å². The van der Waals surface area contributed by atoms with Crippen LogP contribution in [0.15, 0.2) is 72.8 Å². The molecule has 3 aromatic carbocycles. The molecule has 4 rings (SSSR count). The van der Waals surface area contributed by atoms with E-state index in [-0.39, 0.29) is 5.91 Å². The van der Waals surface area contributed by atoms with Crippen molar-refractivity contribution in [3.63, 3.8) is 0 Å². The van der Waals surface area contributed by atoms with Gasteiger partial charge in [-0.15, -0.1) is 0 Å². The average molecular weight is 428 g/mol. The van der Waals surface area contributed by atoms with Gasteiger partial charge in [-0.05, 0) is 42.5 Å². The highest BCUT2D eigenvalue weighted by molar-refractivity contribution is 6.36. The fourth-order valence-corrected chi connectivity index (χ4v) is 3.38. The third-order valence-corrected chi connectivity index (χ3v) is 5.09. The zero-order valence-electron chi connectivity index (χ0n) is 14.4. The van der Waals surface area contributed by atoms with Crippen LogP contribution in [-0.4, -0.2) is 10.9 Å². The third kappa shape index (κ3) is 3.83. The molecule has 6 heteroatoms. The molecule has 0 fully saturated rings. The van der Waals surface area contributed by atoms with E-state index >= 15 is 0 Å². The summed E-state index contributed by atoms with van der Waals surface area (Å²) >= 11 is 18.2. The molecule has 28 heavy (non-hydrogen) atoms. The molecule has 1 aromatic heterocycles. The predicted molar refractivity (Wildman–Crippen MR) is 117 cm³/mol. The topological polar surface area (TPSA) is 42.0 Å². The predicted octanol–water partition coefficient (Wildman–Crippen LogP) is 7.11. The molecule has 0 saturated carbocycles. The van der Waals surface area contributed by atoms with Gasteiger partial charge in [-0.25, -0.2) is 4.98 Å². The van der Waals surface area contributed by atoms with Crippen molar-refractivity contribution in [1.82, 2.24) is 4.98 Å². The van der Waals surface area contributed by atoms with Gasteiger partial charge in [0, 0.05) is 21.0 Å². The van der Waals surface area contributed by atoms with Crippen molar-refractivity contribution >= 4 is 57.3 Å². The van der Waals surface area contributed by atoms with E-state index in [0.29, 0.717) is 32.0 Å². The highest BCUT2D eigenvalue weighted by Gasteiger charge is 2.15. The number of rotatable bonds is 3. The quantitative estimate of drug-likeness (QED) is 0.378. The third-order valence-electron chi connectivity index (χ3n) is 4.28. The standard InChI is InChI=1S/C22H13Cl3N2O/c23-14-7-5-13(6-8-14)20-12-17(16-3-1-2-4-19(16)26-20)22(28)27-21-11-15(24)9-10-18(21)25/h1-12H,(H,27,28). The fourth-order valence-electron chi connectivity index (χ4n) is 2.91. The van der Waals surface area contributed by atoms with Gasteiger partial charge >= 0.3 is 0 Å². The normalized spacial score (nSPS) is 10.8. The van der Waals surface area contributed by atoms with E-state index < -0.39 is 0 Å². The van der Waals surface area contributed by atoms with E-state index in [1.807, 2.05) is 36.4 Å². The van der Waals surface area contributed by atoms with E-state index in [4.69, 9.17) is 34.8 Å². The molecule has 0 unspecified atom stereocenters. The van der Waals surface area contributed by atoms with Gasteiger partial charge in [-0.1, -0.05) is 65.1 Å². The summed E-state index contributed by atoms with van der Waals surface area (Å²) in [6.45, 7) is 0. The molecule has 0 radical (unpaired) electrons. The Labute approximate surface area is 176 Å². The molecule has 0 atom stereocenters. The first kappa shape index (κ1) is 18.8. The average Bonchev–Trinajstić information content (AvgIpc) is 2.70. The van der Waals surface area contributed by atoms with Gasteiger partial charge in [-0.2, -0.15) is 0 Å². The lowest BCUT2D eigenvalue weighted by atomic mass is 10.0. The lowest BCUT2D eigenvalue weighted by molar-refractivity contribution is 0.102. The largest absolute Gasteiger partial charge is 0.321 e. The molecule has 0 bridgehead atoms. The van der Waals surface area contributed by atoms with Crippen LogP contribution >= 0.6 is 34.8 Å². The van der Waals surface area contributed by atoms with Crippen molar-refractivity contribution in [3.8, 4) is 11.3 Å². The Balaban J connectivity index is 1.81. The Morgan fingerprint density at radius 2 is 1.54 bits per heavy atom. The monoisotopic (exact) mass is 426 g/mol. The molecule has 3 nitrogen and oxygen atoms in total. The van der Waals surface area contributed by atoms with Gasteiger partial charge in [0.1, 0.15) is 0 Å². The number of aromatic nitrogens is 1. The van der Waals surface area contributed by atoms with Gasteiger partial charge in [0.25, 0.3) is 5.91 Å². The number of amides is 1. The highest BCUT2D eigenvalue weighted by Crippen LogP contribution is 2.29. The van der Waals surface area contributed by atoms with E-state index in [2.05, 4.69) is 10.3 Å². The van der Waals surface area contributed by atoms with Crippen LogP contribution < -0.4 is 5.32 Å². The fraction of sp³-hybridized carbons (Fsp3) is 0. The zero-order valence-corrected chi connectivity index (χ0v) is 16.7. The maximum Gasteiger partial charge on any atom is 0.256 e. The van der Waals surface area contributed by atoms with Crippen molar-refractivity contribution in [2.24, 2.45) is 0 Å². The molecule has 0 aliphatic rings. The van der Waals surface area contributed by atoms with E-state index in [9.17, 15) is 4.79 Å². The maximum atomic E-state index is 13.1. The molecule has 0 aliphatic carbocycles. The lowest BCUT2D eigenvalue weighted by Crippen LogP contribution is -2.13. The maximum absolute atomic E-state index is 13.1. The Hall–Kier alpha value is -2.59. The number of carbonyl (C=O) groups is 1. The Kier molecular flexibility index (Phi) is 5.23. The van der Waals surface area contributed by atoms with Gasteiger partial charge in [0.2, 0.25) is 0 Å². The number of carbonyl (C=O) groups excluding carboxylic acids is 1. The minimum atomic E-state index is -0.294. The second-order valence-corrected chi connectivity index (χ2v) is 7.44. The highest BCUT2D eigenvalue weighted by atomic mass is 35.5. The number of hydrogen-bond acceptors (Lipinski definition) is 2. The second-order valence-electron chi connectivity index (χ2n) is 6.16. The SMILES string of the molecule is O=C(Nc1cc(Cl)ccc1Cl)c1cc(-c2ccc(Cl)cc2)nc2ccccc12.